The molecule has 1 amide bonds. The fourth-order valence-electron chi connectivity index (χ4n) is 2.23. The van der Waals surface area contributed by atoms with Gasteiger partial charge in [-0.05, 0) is 49.7 Å². The number of rotatable bonds is 5. The molecule has 1 N–H and O–H groups in total. The Kier molecular flexibility index (Phi) is 5.58. The van der Waals surface area contributed by atoms with Gasteiger partial charge in [-0.2, -0.15) is 0 Å². The van der Waals surface area contributed by atoms with E-state index in [0.29, 0.717) is 21.4 Å². The molecule has 0 saturated carbocycles. The van der Waals surface area contributed by atoms with Crippen LogP contribution in [-0.2, 0) is 4.79 Å². The van der Waals surface area contributed by atoms with Crippen LogP contribution in [0.15, 0.2) is 53.9 Å². The molecule has 0 aliphatic carbocycles. The average molecular weight is 391 g/mol. The van der Waals surface area contributed by atoms with E-state index in [0.717, 1.165) is 5.69 Å². The number of carbonyl (C=O) groups excluding carboxylic acids is 1. The number of anilines is 1. The topological polar surface area (TPSA) is 59.8 Å². The monoisotopic (exact) mass is 390 g/mol. The van der Waals surface area contributed by atoms with Crippen molar-refractivity contribution < 1.29 is 9.18 Å². The van der Waals surface area contributed by atoms with Crippen molar-refractivity contribution in [3.8, 4) is 5.69 Å². The van der Waals surface area contributed by atoms with Gasteiger partial charge >= 0.3 is 0 Å². The Morgan fingerprint density at radius 1 is 1.31 bits per heavy atom. The standard InChI is InChI=1S/C18H16ClFN4OS/c1-11-6-7-14(9-16(11)20)22-17(25)12(2)26-18-23-21-10-24(18)15-5-3-4-13(19)8-15/h3-10,12H,1-2H3,(H,22,25)/t12-/m1/s1. The van der Waals surface area contributed by atoms with Crippen LogP contribution in [0.3, 0.4) is 0 Å². The predicted molar refractivity (Wildman–Crippen MR) is 101 cm³/mol. The van der Waals surface area contributed by atoms with Crippen LogP contribution < -0.4 is 5.32 Å². The van der Waals surface area contributed by atoms with Gasteiger partial charge in [0.25, 0.3) is 0 Å². The van der Waals surface area contributed by atoms with E-state index in [1.165, 1.54) is 17.8 Å². The molecule has 2 aromatic carbocycles. The third kappa shape index (κ3) is 4.23. The van der Waals surface area contributed by atoms with Crippen LogP contribution in [0.2, 0.25) is 5.02 Å². The molecule has 0 aliphatic heterocycles. The summed E-state index contributed by atoms with van der Waals surface area (Å²) in [6.45, 7) is 3.42. The minimum absolute atomic E-state index is 0.251. The molecule has 8 heteroatoms. The summed E-state index contributed by atoms with van der Waals surface area (Å²) >= 11 is 7.28. The first kappa shape index (κ1) is 18.4. The van der Waals surface area contributed by atoms with E-state index in [4.69, 9.17) is 11.6 Å². The van der Waals surface area contributed by atoms with E-state index in [1.54, 1.807) is 49.0 Å². The highest BCUT2D eigenvalue weighted by atomic mass is 35.5. The smallest absolute Gasteiger partial charge is 0.237 e. The van der Waals surface area contributed by atoms with Crippen LogP contribution in [0.5, 0.6) is 0 Å². The van der Waals surface area contributed by atoms with Crippen LogP contribution >= 0.6 is 23.4 Å². The van der Waals surface area contributed by atoms with Gasteiger partial charge in [-0.1, -0.05) is 35.5 Å². The van der Waals surface area contributed by atoms with Crippen LogP contribution in [0.25, 0.3) is 5.69 Å². The van der Waals surface area contributed by atoms with Crippen molar-refractivity contribution in [2.75, 3.05) is 5.32 Å². The summed E-state index contributed by atoms with van der Waals surface area (Å²) in [6, 6.07) is 11.9. The number of benzene rings is 2. The Morgan fingerprint density at radius 3 is 2.85 bits per heavy atom. The van der Waals surface area contributed by atoms with E-state index in [9.17, 15) is 9.18 Å². The van der Waals surface area contributed by atoms with Crippen molar-refractivity contribution in [2.24, 2.45) is 0 Å². The summed E-state index contributed by atoms with van der Waals surface area (Å²) in [4.78, 5) is 12.4. The molecule has 0 bridgehead atoms. The number of nitrogens with one attached hydrogen (secondary N) is 1. The molecule has 1 atom stereocenters. The second kappa shape index (κ2) is 7.88. The molecule has 3 aromatic rings. The summed E-state index contributed by atoms with van der Waals surface area (Å²) in [5.41, 5.74) is 1.75. The quantitative estimate of drug-likeness (QED) is 0.652. The zero-order chi connectivity index (χ0) is 18.7. The Bertz CT molecular complexity index is 946. The molecule has 0 fully saturated rings. The summed E-state index contributed by atoms with van der Waals surface area (Å²) < 4.78 is 15.4. The lowest BCUT2D eigenvalue weighted by atomic mass is 10.2. The van der Waals surface area contributed by atoms with Crippen molar-refractivity contribution in [1.82, 2.24) is 14.8 Å². The number of carbonyl (C=O) groups is 1. The Hall–Kier alpha value is -2.38. The molecule has 0 spiro atoms. The molecular weight excluding hydrogens is 375 g/mol. The lowest BCUT2D eigenvalue weighted by Crippen LogP contribution is -2.23. The maximum absolute atomic E-state index is 13.6. The second-order valence-corrected chi connectivity index (χ2v) is 7.42. The third-order valence-electron chi connectivity index (χ3n) is 3.69. The summed E-state index contributed by atoms with van der Waals surface area (Å²) in [6.07, 6.45) is 1.56. The van der Waals surface area contributed by atoms with Crippen molar-refractivity contribution >= 4 is 35.0 Å². The van der Waals surface area contributed by atoms with Gasteiger partial charge in [0.05, 0.1) is 10.9 Å². The van der Waals surface area contributed by atoms with Crippen LogP contribution in [0, 0.1) is 12.7 Å². The first-order chi connectivity index (χ1) is 12.4. The second-order valence-electron chi connectivity index (χ2n) is 5.68. The van der Waals surface area contributed by atoms with Gasteiger partial charge in [0.15, 0.2) is 5.16 Å². The zero-order valence-electron chi connectivity index (χ0n) is 14.1. The molecule has 1 aromatic heterocycles. The summed E-state index contributed by atoms with van der Waals surface area (Å²) in [5, 5.41) is 11.4. The number of nitrogens with zero attached hydrogens (tertiary/aromatic N) is 3. The fraction of sp³-hybridized carbons (Fsp3) is 0.167. The number of amides is 1. The molecule has 0 unspecified atom stereocenters. The minimum atomic E-state index is -0.457. The molecule has 0 saturated heterocycles. The number of thioether (sulfide) groups is 1. The normalized spacial score (nSPS) is 12.0. The highest BCUT2D eigenvalue weighted by Gasteiger charge is 2.19. The number of aromatic nitrogens is 3. The summed E-state index contributed by atoms with van der Waals surface area (Å²) in [7, 11) is 0. The van der Waals surface area contributed by atoms with Gasteiger partial charge in [0.1, 0.15) is 12.1 Å². The lowest BCUT2D eigenvalue weighted by molar-refractivity contribution is -0.115. The molecule has 5 nitrogen and oxygen atoms in total. The molecule has 26 heavy (non-hydrogen) atoms. The van der Waals surface area contributed by atoms with Gasteiger partial charge in [0.2, 0.25) is 5.91 Å². The Labute approximate surface area is 159 Å². The largest absolute Gasteiger partial charge is 0.325 e. The third-order valence-corrected chi connectivity index (χ3v) is 4.99. The Morgan fingerprint density at radius 2 is 2.12 bits per heavy atom. The Balaban J connectivity index is 1.72. The minimum Gasteiger partial charge on any atom is -0.325 e. The van der Waals surface area contributed by atoms with Crippen molar-refractivity contribution in [1.29, 1.82) is 0 Å². The van der Waals surface area contributed by atoms with Gasteiger partial charge in [-0.3, -0.25) is 9.36 Å². The van der Waals surface area contributed by atoms with Gasteiger partial charge < -0.3 is 5.32 Å². The number of aryl methyl sites for hydroxylation is 1. The first-order valence-corrected chi connectivity index (χ1v) is 9.09. The van der Waals surface area contributed by atoms with Gasteiger partial charge in [-0.25, -0.2) is 4.39 Å². The highest BCUT2D eigenvalue weighted by Crippen LogP contribution is 2.26. The molecular formula is C18H16ClFN4OS. The van der Waals surface area contributed by atoms with Crippen molar-refractivity contribution in [3.05, 3.63) is 65.2 Å². The number of hydrogen-bond acceptors (Lipinski definition) is 4. The average Bonchev–Trinajstić information content (AvgIpc) is 3.06. The maximum Gasteiger partial charge on any atom is 0.237 e. The maximum atomic E-state index is 13.6. The van der Waals surface area contributed by atoms with E-state index in [1.807, 2.05) is 12.1 Å². The molecule has 0 aliphatic rings. The van der Waals surface area contributed by atoms with E-state index >= 15 is 0 Å². The van der Waals surface area contributed by atoms with Crippen LogP contribution in [0.4, 0.5) is 10.1 Å². The van der Waals surface area contributed by atoms with Crippen LogP contribution in [0.1, 0.15) is 12.5 Å². The van der Waals surface area contributed by atoms with Crippen molar-refractivity contribution in [3.63, 3.8) is 0 Å². The molecule has 134 valence electrons. The molecule has 0 radical (unpaired) electrons. The van der Waals surface area contributed by atoms with Crippen molar-refractivity contribution in [2.45, 2.75) is 24.3 Å². The molecule has 1 heterocycles. The number of halogens is 2. The van der Waals surface area contributed by atoms with E-state index < -0.39 is 5.25 Å². The van der Waals surface area contributed by atoms with Crippen LogP contribution in [-0.4, -0.2) is 25.9 Å². The van der Waals surface area contributed by atoms with E-state index in [-0.39, 0.29) is 11.7 Å². The highest BCUT2D eigenvalue weighted by molar-refractivity contribution is 8.00. The van der Waals surface area contributed by atoms with Gasteiger partial charge in [-0.15, -0.1) is 10.2 Å². The molecule has 3 rings (SSSR count). The SMILES string of the molecule is Cc1ccc(NC(=O)[C@@H](C)Sc2nncn2-c2cccc(Cl)c2)cc1F. The predicted octanol–water partition coefficient (Wildman–Crippen LogP) is 4.49. The lowest BCUT2D eigenvalue weighted by Gasteiger charge is -2.13. The summed E-state index contributed by atoms with van der Waals surface area (Å²) in [5.74, 6) is -0.609. The zero-order valence-corrected chi connectivity index (χ0v) is 15.7. The van der Waals surface area contributed by atoms with Gasteiger partial charge in [0, 0.05) is 10.7 Å². The number of hydrogen-bond donors (Lipinski definition) is 1. The first-order valence-electron chi connectivity index (χ1n) is 7.83. The fourth-order valence-corrected chi connectivity index (χ4v) is 3.26. The van der Waals surface area contributed by atoms with E-state index in [2.05, 4.69) is 15.5 Å².